The Hall–Kier alpha value is 0.307. The van der Waals surface area contributed by atoms with Crippen molar-refractivity contribution in [2.24, 2.45) is 5.73 Å². The number of hydrogen-bond donors (Lipinski definition) is 2. The zero-order valence-electron chi connectivity index (χ0n) is 10.8. The van der Waals surface area contributed by atoms with Crippen molar-refractivity contribution >= 4 is 21.2 Å². The quantitative estimate of drug-likeness (QED) is 0.660. The Bertz CT molecular complexity index is 138. The van der Waals surface area contributed by atoms with Gasteiger partial charge in [-0.3, -0.25) is 0 Å². The first-order valence-electron chi connectivity index (χ1n) is 5.34. The summed E-state index contributed by atoms with van der Waals surface area (Å²) in [7, 11) is -2.62. The van der Waals surface area contributed by atoms with Gasteiger partial charge in [0, 0.05) is 19.8 Å². The van der Waals surface area contributed by atoms with Crippen LogP contribution in [0, 0.1) is 0 Å². The maximum atomic E-state index is 6.00. The Balaban J connectivity index is -0.000000845. The Kier molecular flexibility index (Phi) is 15.9. The Labute approximate surface area is 106 Å². The van der Waals surface area contributed by atoms with E-state index in [1.807, 2.05) is 27.7 Å². The zero-order valence-corrected chi connectivity index (χ0v) is 12.6. The third kappa shape index (κ3) is 6.14. The van der Waals surface area contributed by atoms with Gasteiger partial charge < -0.3 is 25.2 Å². The Morgan fingerprint density at radius 2 is 1.25 bits per heavy atom. The van der Waals surface area contributed by atoms with Crippen LogP contribution in [-0.4, -0.2) is 34.3 Å². The molecule has 0 aromatic carbocycles. The minimum Gasteiger partial charge on any atom is -0.373 e. The molecule has 0 aromatic rings. The second-order valence-electron chi connectivity index (χ2n) is 2.92. The van der Waals surface area contributed by atoms with E-state index in [0.29, 0.717) is 19.8 Å². The molecule has 0 saturated heterocycles. The molecule has 0 bridgehead atoms. The van der Waals surface area contributed by atoms with Crippen LogP contribution in [-0.2, 0) is 13.3 Å². The molecule has 0 heterocycles. The van der Waals surface area contributed by atoms with Crippen LogP contribution < -0.4 is 11.9 Å². The molecule has 1 unspecified atom stereocenters. The third-order valence-corrected chi connectivity index (χ3v) is 5.32. The molecule has 16 heavy (non-hydrogen) atoms. The van der Waals surface area contributed by atoms with Gasteiger partial charge in [0.2, 0.25) is 0 Å². The van der Waals surface area contributed by atoms with Crippen LogP contribution in [0.4, 0.5) is 0 Å². The van der Waals surface area contributed by atoms with Gasteiger partial charge >= 0.3 is 8.80 Å². The van der Waals surface area contributed by atoms with Crippen molar-refractivity contribution < 1.29 is 13.3 Å². The first kappa shape index (κ1) is 21.6. The minimum atomic E-state index is -2.62. The van der Waals surface area contributed by atoms with Gasteiger partial charge in [-0.1, -0.05) is 6.92 Å². The maximum Gasteiger partial charge on any atom is 0.518 e. The van der Waals surface area contributed by atoms with E-state index in [-0.39, 0.29) is 24.2 Å². The van der Waals surface area contributed by atoms with Crippen molar-refractivity contribution in [3.8, 4) is 0 Å². The van der Waals surface area contributed by atoms with Gasteiger partial charge in [0.1, 0.15) is 0 Å². The van der Waals surface area contributed by atoms with Gasteiger partial charge in [0.25, 0.3) is 0 Å². The van der Waals surface area contributed by atoms with E-state index >= 15 is 0 Å². The molecule has 5 N–H and O–H groups in total. The fourth-order valence-electron chi connectivity index (χ4n) is 1.30. The summed E-state index contributed by atoms with van der Waals surface area (Å²) < 4.78 is 16.9. The van der Waals surface area contributed by atoms with E-state index < -0.39 is 8.80 Å². The van der Waals surface area contributed by atoms with Gasteiger partial charge in [-0.05, 0) is 27.2 Å². The summed E-state index contributed by atoms with van der Waals surface area (Å²) in [6.45, 7) is 9.57. The molecule has 0 aliphatic carbocycles. The molecule has 5 nitrogen and oxygen atoms in total. The lowest BCUT2D eigenvalue weighted by atomic mass is 10.5. The standard InChI is InChI=1S/C9H23NO3Si.ClH.H3N/c1-5-9(10)14(11-6-2,12-7-3)13-8-4;;/h9H,5-8,10H2,1-4H3;1H;1H3. The molecule has 0 radical (unpaired) electrons. The first-order chi connectivity index (χ1) is 6.66. The smallest absolute Gasteiger partial charge is 0.373 e. The Morgan fingerprint density at radius 3 is 1.44 bits per heavy atom. The summed E-state index contributed by atoms with van der Waals surface area (Å²) in [5.74, 6) is 0. The van der Waals surface area contributed by atoms with Crippen molar-refractivity contribution in [1.29, 1.82) is 0 Å². The van der Waals surface area contributed by atoms with Crippen LogP contribution in [0.3, 0.4) is 0 Å². The van der Waals surface area contributed by atoms with Gasteiger partial charge in [-0.15, -0.1) is 12.4 Å². The van der Waals surface area contributed by atoms with E-state index in [0.717, 1.165) is 6.42 Å². The summed E-state index contributed by atoms with van der Waals surface area (Å²) >= 11 is 0. The predicted molar refractivity (Wildman–Crippen MR) is 71.2 cm³/mol. The van der Waals surface area contributed by atoms with Crippen LogP contribution in [0.25, 0.3) is 0 Å². The van der Waals surface area contributed by atoms with E-state index in [1.54, 1.807) is 0 Å². The van der Waals surface area contributed by atoms with Crippen molar-refractivity contribution in [1.82, 2.24) is 6.15 Å². The van der Waals surface area contributed by atoms with E-state index in [9.17, 15) is 0 Å². The SMILES string of the molecule is CCO[Si](OCC)(OCC)C(N)CC.Cl.N. The summed E-state index contributed by atoms with van der Waals surface area (Å²) in [4.78, 5) is 0. The highest BCUT2D eigenvalue weighted by molar-refractivity contribution is 6.62. The summed E-state index contributed by atoms with van der Waals surface area (Å²) in [6.07, 6.45) is 0.812. The minimum absolute atomic E-state index is 0. The van der Waals surface area contributed by atoms with Crippen LogP contribution >= 0.6 is 12.4 Å². The van der Waals surface area contributed by atoms with Crippen LogP contribution in [0.1, 0.15) is 34.1 Å². The highest BCUT2D eigenvalue weighted by Crippen LogP contribution is 2.15. The lowest BCUT2D eigenvalue weighted by molar-refractivity contribution is 0.0618. The number of nitrogens with two attached hydrogens (primary N) is 1. The van der Waals surface area contributed by atoms with Crippen molar-refractivity contribution in [3.63, 3.8) is 0 Å². The molecular formula is C9H27ClN2O3Si. The van der Waals surface area contributed by atoms with E-state index in [4.69, 9.17) is 19.0 Å². The van der Waals surface area contributed by atoms with Gasteiger partial charge in [0.15, 0.2) is 0 Å². The maximum absolute atomic E-state index is 6.00. The van der Waals surface area contributed by atoms with Crippen molar-refractivity contribution in [2.75, 3.05) is 19.8 Å². The lowest BCUT2D eigenvalue weighted by Crippen LogP contribution is -2.60. The summed E-state index contributed by atoms with van der Waals surface area (Å²) in [5.41, 5.74) is 5.87. The van der Waals surface area contributed by atoms with Gasteiger partial charge in [0.05, 0.1) is 5.67 Å². The third-order valence-electron chi connectivity index (χ3n) is 1.93. The van der Waals surface area contributed by atoms with Gasteiger partial charge in [-0.2, -0.15) is 0 Å². The molecule has 0 saturated carbocycles. The molecule has 0 amide bonds. The molecule has 0 spiro atoms. The number of hydrogen-bond acceptors (Lipinski definition) is 5. The summed E-state index contributed by atoms with van der Waals surface area (Å²) in [5, 5.41) is 0. The average molecular weight is 275 g/mol. The normalized spacial score (nSPS) is 12.6. The van der Waals surface area contributed by atoms with Crippen LogP contribution in [0.2, 0.25) is 0 Å². The van der Waals surface area contributed by atoms with Crippen LogP contribution in [0.15, 0.2) is 0 Å². The molecule has 1 atom stereocenters. The highest BCUT2D eigenvalue weighted by Gasteiger charge is 2.46. The van der Waals surface area contributed by atoms with Crippen molar-refractivity contribution in [2.45, 2.75) is 39.8 Å². The number of halogens is 1. The van der Waals surface area contributed by atoms with E-state index in [2.05, 4.69) is 0 Å². The average Bonchev–Trinajstić information content (AvgIpc) is 2.17. The molecule has 0 fully saturated rings. The molecule has 102 valence electrons. The second-order valence-corrected chi connectivity index (χ2v) is 5.73. The highest BCUT2D eigenvalue weighted by atomic mass is 35.5. The zero-order chi connectivity index (χ0) is 11.0. The largest absolute Gasteiger partial charge is 0.518 e. The summed E-state index contributed by atoms with van der Waals surface area (Å²) in [6, 6.07) is 0. The van der Waals surface area contributed by atoms with E-state index in [1.165, 1.54) is 0 Å². The molecule has 0 aliphatic heterocycles. The van der Waals surface area contributed by atoms with Gasteiger partial charge in [-0.25, -0.2) is 0 Å². The fraction of sp³-hybridized carbons (Fsp3) is 1.00. The second kappa shape index (κ2) is 11.8. The molecule has 7 heteroatoms. The van der Waals surface area contributed by atoms with Crippen LogP contribution in [0.5, 0.6) is 0 Å². The molecule has 0 rings (SSSR count). The first-order valence-corrected chi connectivity index (χ1v) is 7.14. The fourth-order valence-corrected chi connectivity index (χ4v) is 3.90. The predicted octanol–water partition coefficient (Wildman–Crippen LogP) is 1.90. The number of rotatable bonds is 8. The Morgan fingerprint density at radius 1 is 0.938 bits per heavy atom. The topological polar surface area (TPSA) is 88.7 Å². The lowest BCUT2D eigenvalue weighted by Gasteiger charge is -2.32. The molecule has 0 aromatic heterocycles. The molecular weight excluding hydrogens is 248 g/mol. The monoisotopic (exact) mass is 274 g/mol. The van der Waals surface area contributed by atoms with Crippen molar-refractivity contribution in [3.05, 3.63) is 0 Å². The molecule has 0 aliphatic rings.